The fourth-order valence-electron chi connectivity index (χ4n) is 3.23. The first-order chi connectivity index (χ1) is 13.2. The van der Waals surface area contributed by atoms with Crippen molar-refractivity contribution < 1.29 is 22.8 Å². The van der Waals surface area contributed by atoms with E-state index in [-0.39, 0.29) is 11.6 Å². The Balaban J connectivity index is 1.66. The van der Waals surface area contributed by atoms with E-state index < -0.39 is 29.5 Å². The van der Waals surface area contributed by atoms with Gasteiger partial charge in [0.1, 0.15) is 0 Å². The zero-order valence-electron chi connectivity index (χ0n) is 15.6. The third-order valence-electron chi connectivity index (χ3n) is 4.80. The van der Waals surface area contributed by atoms with Gasteiger partial charge in [0, 0.05) is 17.9 Å². The minimum absolute atomic E-state index is 0.0731. The summed E-state index contributed by atoms with van der Waals surface area (Å²) in [6.45, 7) is 4.27. The van der Waals surface area contributed by atoms with Crippen molar-refractivity contribution in [2.75, 3.05) is 16.8 Å². The summed E-state index contributed by atoms with van der Waals surface area (Å²) in [5, 5.41) is 2.50. The first-order valence-corrected chi connectivity index (χ1v) is 9.07. The second-order valence-corrected chi connectivity index (χ2v) is 6.94. The van der Waals surface area contributed by atoms with Crippen molar-refractivity contribution in [2.45, 2.75) is 26.4 Å². The van der Waals surface area contributed by atoms with Gasteiger partial charge in [0.25, 0.3) is 0 Å². The van der Waals surface area contributed by atoms with Crippen LogP contribution >= 0.6 is 0 Å². The summed E-state index contributed by atoms with van der Waals surface area (Å²) in [5.41, 5.74) is 1.05. The third kappa shape index (κ3) is 4.35. The first kappa shape index (κ1) is 19.9. The van der Waals surface area contributed by atoms with Gasteiger partial charge in [0.05, 0.1) is 17.4 Å². The zero-order valence-corrected chi connectivity index (χ0v) is 15.6. The van der Waals surface area contributed by atoms with Gasteiger partial charge >= 0.3 is 6.18 Å². The van der Waals surface area contributed by atoms with Crippen molar-refractivity contribution in [3.05, 3.63) is 59.7 Å². The molecule has 2 unspecified atom stereocenters. The molecule has 0 aliphatic heterocycles. The van der Waals surface area contributed by atoms with Gasteiger partial charge in [-0.05, 0) is 56.2 Å². The fourth-order valence-corrected chi connectivity index (χ4v) is 3.23. The van der Waals surface area contributed by atoms with Gasteiger partial charge in [-0.1, -0.05) is 18.2 Å². The second kappa shape index (κ2) is 7.66. The van der Waals surface area contributed by atoms with Crippen LogP contribution in [0, 0.1) is 18.8 Å². The number of carbonyl (C=O) groups is 2. The summed E-state index contributed by atoms with van der Waals surface area (Å²) in [6, 6.07) is 12.0. The number of nitrogens with zero attached hydrogens (tertiary/aromatic N) is 1. The van der Waals surface area contributed by atoms with Crippen LogP contribution in [0.4, 0.5) is 24.5 Å². The monoisotopic (exact) mass is 390 g/mol. The molecule has 3 rings (SSSR count). The maximum atomic E-state index is 12.8. The molecule has 2 atom stereocenters. The average molecular weight is 390 g/mol. The molecule has 1 saturated carbocycles. The summed E-state index contributed by atoms with van der Waals surface area (Å²) >= 11 is 0. The summed E-state index contributed by atoms with van der Waals surface area (Å²) in [7, 11) is 0. The van der Waals surface area contributed by atoms with Crippen LogP contribution in [0.25, 0.3) is 0 Å². The van der Waals surface area contributed by atoms with Crippen molar-refractivity contribution in [3.8, 4) is 0 Å². The van der Waals surface area contributed by atoms with Gasteiger partial charge in [-0.2, -0.15) is 13.2 Å². The predicted molar refractivity (Wildman–Crippen MR) is 101 cm³/mol. The molecular weight excluding hydrogens is 369 g/mol. The molecule has 0 bridgehead atoms. The van der Waals surface area contributed by atoms with Crippen molar-refractivity contribution in [1.29, 1.82) is 0 Å². The Morgan fingerprint density at radius 2 is 1.82 bits per heavy atom. The summed E-state index contributed by atoms with van der Waals surface area (Å²) in [4.78, 5) is 26.8. The second-order valence-electron chi connectivity index (χ2n) is 6.94. The van der Waals surface area contributed by atoms with Crippen LogP contribution in [0.2, 0.25) is 0 Å². The zero-order chi connectivity index (χ0) is 20.5. The number of nitrogens with one attached hydrogen (secondary N) is 1. The minimum atomic E-state index is -4.48. The molecule has 1 fully saturated rings. The highest BCUT2D eigenvalue weighted by Gasteiger charge is 2.49. The van der Waals surface area contributed by atoms with E-state index in [0.29, 0.717) is 13.0 Å². The average Bonchev–Trinajstić information content (AvgIpc) is 3.43. The molecule has 28 heavy (non-hydrogen) atoms. The molecule has 2 aromatic rings. The number of halogens is 3. The van der Waals surface area contributed by atoms with E-state index in [1.54, 1.807) is 4.90 Å². The van der Waals surface area contributed by atoms with Gasteiger partial charge in [-0.15, -0.1) is 0 Å². The van der Waals surface area contributed by atoms with Crippen LogP contribution in [-0.4, -0.2) is 18.4 Å². The number of carbonyl (C=O) groups excluding carboxylic acids is 2. The molecule has 2 amide bonds. The van der Waals surface area contributed by atoms with Gasteiger partial charge in [-0.25, -0.2) is 0 Å². The van der Waals surface area contributed by atoms with E-state index in [2.05, 4.69) is 5.32 Å². The number of aryl methyl sites for hydroxylation is 1. The van der Waals surface area contributed by atoms with Crippen LogP contribution in [0.3, 0.4) is 0 Å². The Morgan fingerprint density at radius 1 is 1.11 bits per heavy atom. The molecule has 0 spiro atoms. The van der Waals surface area contributed by atoms with Gasteiger partial charge < -0.3 is 10.2 Å². The molecule has 148 valence electrons. The third-order valence-corrected chi connectivity index (χ3v) is 4.80. The van der Waals surface area contributed by atoms with Crippen molar-refractivity contribution >= 4 is 23.2 Å². The lowest BCUT2D eigenvalue weighted by Gasteiger charge is -2.21. The van der Waals surface area contributed by atoms with E-state index in [9.17, 15) is 22.8 Å². The van der Waals surface area contributed by atoms with Crippen LogP contribution in [-0.2, 0) is 15.8 Å². The number of hydrogen-bond acceptors (Lipinski definition) is 2. The number of amides is 2. The highest BCUT2D eigenvalue weighted by molar-refractivity contribution is 6.04. The maximum Gasteiger partial charge on any atom is 0.416 e. The molecule has 1 aliphatic carbocycles. The SMILES string of the molecule is CCN(C(=O)C1CC1C(=O)Nc1cccc(C(F)(F)F)c1)c1cccc(C)c1. The largest absolute Gasteiger partial charge is 0.416 e. The molecule has 1 N–H and O–H groups in total. The molecule has 1 aliphatic rings. The highest BCUT2D eigenvalue weighted by Crippen LogP contribution is 2.42. The maximum absolute atomic E-state index is 12.8. The number of alkyl halides is 3. The van der Waals surface area contributed by atoms with Gasteiger partial charge in [0.2, 0.25) is 11.8 Å². The smallest absolute Gasteiger partial charge is 0.326 e. The van der Waals surface area contributed by atoms with Crippen molar-refractivity contribution in [1.82, 2.24) is 0 Å². The number of hydrogen-bond donors (Lipinski definition) is 1. The number of rotatable bonds is 5. The summed E-state index contributed by atoms with van der Waals surface area (Å²) < 4.78 is 38.4. The van der Waals surface area contributed by atoms with E-state index in [1.807, 2.05) is 38.1 Å². The molecule has 7 heteroatoms. The molecule has 2 aromatic carbocycles. The molecule has 0 heterocycles. The number of anilines is 2. The van der Waals surface area contributed by atoms with E-state index >= 15 is 0 Å². The van der Waals surface area contributed by atoms with Crippen LogP contribution < -0.4 is 10.2 Å². The number of benzene rings is 2. The van der Waals surface area contributed by atoms with Crippen LogP contribution in [0.5, 0.6) is 0 Å². The van der Waals surface area contributed by atoms with E-state index in [0.717, 1.165) is 23.4 Å². The Labute approximate surface area is 161 Å². The van der Waals surface area contributed by atoms with E-state index in [4.69, 9.17) is 0 Å². The van der Waals surface area contributed by atoms with Crippen molar-refractivity contribution in [3.63, 3.8) is 0 Å². The Hall–Kier alpha value is -2.83. The lowest BCUT2D eigenvalue weighted by atomic mass is 10.1. The van der Waals surface area contributed by atoms with Crippen LogP contribution in [0.15, 0.2) is 48.5 Å². The highest BCUT2D eigenvalue weighted by atomic mass is 19.4. The molecule has 0 aromatic heterocycles. The lowest BCUT2D eigenvalue weighted by Crippen LogP contribution is -2.33. The van der Waals surface area contributed by atoms with Crippen LogP contribution in [0.1, 0.15) is 24.5 Å². The molecule has 0 saturated heterocycles. The quantitative estimate of drug-likeness (QED) is 0.809. The molecule has 4 nitrogen and oxygen atoms in total. The topological polar surface area (TPSA) is 49.4 Å². The molecular formula is C21H21F3N2O2. The fraction of sp³-hybridized carbons (Fsp3) is 0.333. The standard InChI is InChI=1S/C21H21F3N2O2/c1-3-26(16-9-4-6-13(2)10-16)20(28)18-12-17(18)19(27)25-15-8-5-7-14(11-15)21(22,23)24/h4-11,17-18H,3,12H2,1-2H3,(H,25,27). The van der Waals surface area contributed by atoms with Gasteiger partial charge in [-0.3, -0.25) is 9.59 Å². The van der Waals surface area contributed by atoms with Crippen molar-refractivity contribution in [2.24, 2.45) is 11.8 Å². The first-order valence-electron chi connectivity index (χ1n) is 9.07. The molecule has 0 radical (unpaired) electrons. The Bertz CT molecular complexity index is 895. The predicted octanol–water partition coefficient (Wildman–Crippen LogP) is 4.64. The normalized spacial score (nSPS) is 18.5. The summed E-state index contributed by atoms with van der Waals surface area (Å²) in [6.07, 6.45) is -4.08. The Morgan fingerprint density at radius 3 is 2.46 bits per heavy atom. The van der Waals surface area contributed by atoms with E-state index in [1.165, 1.54) is 12.1 Å². The minimum Gasteiger partial charge on any atom is -0.326 e. The lowest BCUT2D eigenvalue weighted by molar-refractivity contribution is -0.137. The van der Waals surface area contributed by atoms with Gasteiger partial charge in [0.15, 0.2) is 0 Å². The Kier molecular flexibility index (Phi) is 5.45. The summed E-state index contributed by atoms with van der Waals surface area (Å²) in [5.74, 6) is -1.55.